The maximum absolute atomic E-state index is 11.4. The number of carbonyl (C=O) groups excluding carboxylic acids is 1. The second kappa shape index (κ2) is 4.91. The van der Waals surface area contributed by atoms with Crippen LogP contribution in [0.15, 0.2) is 0 Å². The molecule has 1 saturated heterocycles. The number of unbranched alkanes of at least 4 members (excludes halogenated alkanes) is 2. The average Bonchev–Trinajstić information content (AvgIpc) is 2.48. The van der Waals surface area contributed by atoms with Crippen LogP contribution >= 0.6 is 0 Å². The van der Waals surface area contributed by atoms with Crippen LogP contribution in [-0.2, 0) is 4.79 Å². The van der Waals surface area contributed by atoms with Crippen LogP contribution in [0.4, 0.5) is 0 Å². The topological polar surface area (TPSA) is 20.3 Å². The van der Waals surface area contributed by atoms with Crippen LogP contribution in [0.5, 0.6) is 0 Å². The zero-order valence-corrected chi connectivity index (χ0v) is 8.25. The molecule has 0 aliphatic carbocycles. The number of terminal acetylenes is 1. The summed E-state index contributed by atoms with van der Waals surface area (Å²) < 4.78 is 0. The molecule has 0 bridgehead atoms. The van der Waals surface area contributed by atoms with Crippen molar-refractivity contribution < 1.29 is 4.79 Å². The van der Waals surface area contributed by atoms with Crippen LogP contribution < -0.4 is 0 Å². The molecule has 0 spiro atoms. The number of amides is 1. The Balaban J connectivity index is 2.28. The molecular weight excluding hydrogens is 162 g/mol. The summed E-state index contributed by atoms with van der Waals surface area (Å²) in [6.45, 7) is 3.83. The van der Waals surface area contributed by atoms with E-state index < -0.39 is 0 Å². The molecule has 72 valence electrons. The molecule has 0 radical (unpaired) electrons. The lowest BCUT2D eigenvalue weighted by atomic mass is 10.1. The predicted molar refractivity (Wildman–Crippen MR) is 53.0 cm³/mol. The first-order chi connectivity index (χ1) is 6.27. The molecule has 1 rings (SSSR count). The van der Waals surface area contributed by atoms with Gasteiger partial charge in [0.25, 0.3) is 0 Å². The predicted octanol–water partition coefficient (Wildman–Crippen LogP) is 1.66. The first-order valence-corrected chi connectivity index (χ1v) is 5.01. The van der Waals surface area contributed by atoms with Crippen LogP contribution in [0.1, 0.15) is 32.6 Å². The van der Waals surface area contributed by atoms with E-state index in [0.717, 1.165) is 19.5 Å². The van der Waals surface area contributed by atoms with Gasteiger partial charge in [-0.1, -0.05) is 19.8 Å². The SMILES string of the molecule is C#CC1CC(=O)N(CCCCC)C1. The Hall–Kier alpha value is -0.970. The largest absolute Gasteiger partial charge is 0.341 e. The Morgan fingerprint density at radius 2 is 2.38 bits per heavy atom. The fourth-order valence-electron chi connectivity index (χ4n) is 1.65. The van der Waals surface area contributed by atoms with E-state index in [9.17, 15) is 4.79 Å². The van der Waals surface area contributed by atoms with Crippen LogP contribution in [0.3, 0.4) is 0 Å². The minimum Gasteiger partial charge on any atom is -0.341 e. The maximum Gasteiger partial charge on any atom is 0.223 e. The van der Waals surface area contributed by atoms with Crippen molar-refractivity contribution in [2.75, 3.05) is 13.1 Å². The third kappa shape index (κ3) is 2.77. The first kappa shape index (κ1) is 10.1. The zero-order valence-electron chi connectivity index (χ0n) is 8.25. The molecule has 0 saturated carbocycles. The van der Waals surface area contributed by atoms with Crippen molar-refractivity contribution in [3.05, 3.63) is 0 Å². The van der Waals surface area contributed by atoms with Crippen molar-refractivity contribution in [3.8, 4) is 12.3 Å². The van der Waals surface area contributed by atoms with Gasteiger partial charge in [-0.2, -0.15) is 0 Å². The van der Waals surface area contributed by atoms with Gasteiger partial charge < -0.3 is 4.90 Å². The maximum atomic E-state index is 11.4. The molecule has 0 aromatic rings. The van der Waals surface area contributed by atoms with Gasteiger partial charge in [0.05, 0.1) is 0 Å². The Bertz CT molecular complexity index is 217. The minimum atomic E-state index is 0.161. The number of likely N-dealkylation sites (tertiary alicyclic amines) is 1. The molecular formula is C11H17NO. The summed E-state index contributed by atoms with van der Waals surface area (Å²) in [5, 5.41) is 0. The highest BCUT2D eigenvalue weighted by atomic mass is 16.2. The standard InChI is InChI=1S/C11H17NO/c1-3-5-6-7-12-9-10(4-2)8-11(12)13/h2,10H,3,5-9H2,1H3. The third-order valence-electron chi connectivity index (χ3n) is 2.48. The Morgan fingerprint density at radius 3 is 2.92 bits per heavy atom. The van der Waals surface area contributed by atoms with Crippen molar-refractivity contribution in [3.63, 3.8) is 0 Å². The molecule has 0 N–H and O–H groups in total. The van der Waals surface area contributed by atoms with Crippen LogP contribution in [0.2, 0.25) is 0 Å². The van der Waals surface area contributed by atoms with E-state index in [-0.39, 0.29) is 11.8 Å². The molecule has 1 unspecified atom stereocenters. The van der Waals surface area contributed by atoms with E-state index in [1.807, 2.05) is 4.90 Å². The summed E-state index contributed by atoms with van der Waals surface area (Å²) in [6, 6.07) is 0. The highest BCUT2D eigenvalue weighted by Gasteiger charge is 2.27. The summed E-state index contributed by atoms with van der Waals surface area (Å²) >= 11 is 0. The van der Waals surface area contributed by atoms with Crippen LogP contribution in [0, 0.1) is 18.3 Å². The van der Waals surface area contributed by atoms with E-state index in [0.29, 0.717) is 6.42 Å². The normalized spacial score (nSPS) is 22.0. The molecule has 2 nitrogen and oxygen atoms in total. The molecule has 0 aromatic carbocycles. The molecule has 0 aromatic heterocycles. The Morgan fingerprint density at radius 1 is 1.62 bits per heavy atom. The minimum absolute atomic E-state index is 0.161. The van der Waals surface area contributed by atoms with Crippen LogP contribution in [0.25, 0.3) is 0 Å². The number of hydrogen-bond acceptors (Lipinski definition) is 1. The Labute approximate surface area is 80.3 Å². The van der Waals surface area contributed by atoms with Gasteiger partial charge in [0, 0.05) is 25.4 Å². The zero-order chi connectivity index (χ0) is 9.68. The summed E-state index contributed by atoms with van der Waals surface area (Å²) in [5.41, 5.74) is 0. The molecule has 2 heteroatoms. The molecule has 1 aliphatic rings. The highest BCUT2D eigenvalue weighted by molar-refractivity contribution is 5.79. The Kier molecular flexibility index (Phi) is 3.82. The lowest BCUT2D eigenvalue weighted by Gasteiger charge is -2.14. The monoisotopic (exact) mass is 179 g/mol. The number of nitrogens with zero attached hydrogens (tertiary/aromatic N) is 1. The number of rotatable bonds is 4. The average molecular weight is 179 g/mol. The van der Waals surface area contributed by atoms with E-state index in [1.54, 1.807) is 0 Å². The van der Waals surface area contributed by atoms with E-state index in [2.05, 4.69) is 12.8 Å². The smallest absolute Gasteiger partial charge is 0.223 e. The van der Waals surface area contributed by atoms with Gasteiger partial charge in [-0.25, -0.2) is 0 Å². The van der Waals surface area contributed by atoms with Gasteiger partial charge in [0.15, 0.2) is 0 Å². The first-order valence-electron chi connectivity index (χ1n) is 5.01. The fourth-order valence-corrected chi connectivity index (χ4v) is 1.65. The molecule has 1 aliphatic heterocycles. The van der Waals surface area contributed by atoms with Gasteiger partial charge in [0.2, 0.25) is 5.91 Å². The molecule has 1 heterocycles. The van der Waals surface area contributed by atoms with Crippen molar-refractivity contribution in [1.29, 1.82) is 0 Å². The summed E-state index contributed by atoms with van der Waals surface area (Å²) in [6.07, 6.45) is 9.35. The molecule has 13 heavy (non-hydrogen) atoms. The van der Waals surface area contributed by atoms with Crippen LogP contribution in [-0.4, -0.2) is 23.9 Å². The van der Waals surface area contributed by atoms with Crippen molar-refractivity contribution in [2.45, 2.75) is 32.6 Å². The second-order valence-electron chi connectivity index (χ2n) is 3.61. The van der Waals surface area contributed by atoms with Crippen molar-refractivity contribution in [2.24, 2.45) is 5.92 Å². The van der Waals surface area contributed by atoms with Crippen molar-refractivity contribution in [1.82, 2.24) is 4.90 Å². The quantitative estimate of drug-likeness (QED) is 0.475. The highest BCUT2D eigenvalue weighted by Crippen LogP contribution is 2.17. The fraction of sp³-hybridized carbons (Fsp3) is 0.727. The van der Waals surface area contributed by atoms with Gasteiger partial charge in [-0.05, 0) is 6.42 Å². The van der Waals surface area contributed by atoms with Crippen molar-refractivity contribution >= 4 is 5.91 Å². The molecule has 1 atom stereocenters. The van der Waals surface area contributed by atoms with Gasteiger partial charge in [-0.3, -0.25) is 4.79 Å². The summed E-state index contributed by atoms with van der Waals surface area (Å²) in [4.78, 5) is 13.3. The third-order valence-corrected chi connectivity index (χ3v) is 2.48. The lowest BCUT2D eigenvalue weighted by Crippen LogP contribution is -2.26. The van der Waals surface area contributed by atoms with E-state index in [4.69, 9.17) is 6.42 Å². The van der Waals surface area contributed by atoms with Gasteiger partial charge >= 0.3 is 0 Å². The second-order valence-corrected chi connectivity index (χ2v) is 3.61. The summed E-state index contributed by atoms with van der Waals surface area (Å²) in [5.74, 6) is 3.05. The van der Waals surface area contributed by atoms with E-state index >= 15 is 0 Å². The number of carbonyl (C=O) groups is 1. The lowest BCUT2D eigenvalue weighted by molar-refractivity contribution is -0.127. The molecule has 1 amide bonds. The summed E-state index contributed by atoms with van der Waals surface area (Å²) in [7, 11) is 0. The van der Waals surface area contributed by atoms with Gasteiger partial charge in [0.1, 0.15) is 0 Å². The van der Waals surface area contributed by atoms with E-state index in [1.165, 1.54) is 12.8 Å². The number of hydrogen-bond donors (Lipinski definition) is 0. The molecule has 1 fully saturated rings. The van der Waals surface area contributed by atoms with Gasteiger partial charge in [-0.15, -0.1) is 12.3 Å².